The molecule has 0 aliphatic carbocycles. The maximum atomic E-state index is 15.8. The van der Waals surface area contributed by atoms with Crippen LogP contribution in [0.1, 0.15) is 63.0 Å². The van der Waals surface area contributed by atoms with E-state index in [4.69, 9.17) is 30.9 Å². The molecule has 338 valence electrons. The van der Waals surface area contributed by atoms with Crippen LogP contribution in [0.3, 0.4) is 0 Å². The molecule has 0 bridgehead atoms. The average molecular weight is 885 g/mol. The first kappa shape index (κ1) is 47.9. The Balaban J connectivity index is 1.12. The van der Waals surface area contributed by atoms with Crippen LogP contribution < -0.4 is 16.0 Å². The lowest BCUT2D eigenvalue weighted by Crippen LogP contribution is -2.40. The minimum Gasteiger partial charge on any atom is -0.468 e. The summed E-state index contributed by atoms with van der Waals surface area (Å²) in [7, 11) is 2.99. The SMILES string of the molecule is COC(=O)CNC(=O)CNC(=O)Cn1nc(C2CCN(C(=O)CCC(=O)NCCOCCOCCOCCCCCCCl)CC2)c2c(-c3cc4c(cnn4C)cc3F)cccc21. The first-order valence-electron chi connectivity index (χ1n) is 21.1. The second kappa shape index (κ2) is 25.1. The van der Waals surface area contributed by atoms with Crippen LogP contribution in [0.5, 0.6) is 0 Å². The van der Waals surface area contributed by atoms with Gasteiger partial charge in [-0.05, 0) is 49.4 Å². The van der Waals surface area contributed by atoms with Crippen LogP contribution in [-0.2, 0) is 56.5 Å². The van der Waals surface area contributed by atoms with Gasteiger partial charge in [-0.15, -0.1) is 11.6 Å². The number of fused-ring (bicyclic) bond motifs is 2. The molecule has 4 aromatic rings. The van der Waals surface area contributed by atoms with Crippen molar-refractivity contribution in [1.82, 2.24) is 40.4 Å². The number of piperidine rings is 1. The number of ether oxygens (including phenoxy) is 4. The molecule has 4 amide bonds. The van der Waals surface area contributed by atoms with Crippen molar-refractivity contribution in [2.75, 3.05) is 85.4 Å². The molecule has 0 atom stereocenters. The number of alkyl halides is 1. The number of benzene rings is 2. The number of nitrogens with zero attached hydrogens (tertiary/aromatic N) is 5. The highest BCUT2D eigenvalue weighted by atomic mass is 35.5. The number of aromatic nitrogens is 4. The number of amides is 4. The van der Waals surface area contributed by atoms with Crippen LogP contribution in [0.4, 0.5) is 4.39 Å². The van der Waals surface area contributed by atoms with E-state index in [0.717, 1.165) is 31.2 Å². The highest BCUT2D eigenvalue weighted by Gasteiger charge is 2.30. The van der Waals surface area contributed by atoms with E-state index in [0.29, 0.717) is 111 Å². The number of likely N-dealkylation sites (tertiary alicyclic amines) is 1. The molecule has 0 unspecified atom stereocenters. The largest absolute Gasteiger partial charge is 0.468 e. The average Bonchev–Trinajstić information content (AvgIpc) is 3.83. The zero-order valence-corrected chi connectivity index (χ0v) is 36.3. The molecular formula is C43H58ClFN8O9. The molecule has 0 saturated carbocycles. The number of nitrogens with one attached hydrogen (secondary N) is 3. The number of carbonyl (C=O) groups excluding carboxylic acids is 5. The molecule has 1 fully saturated rings. The summed E-state index contributed by atoms with van der Waals surface area (Å²) < 4.78 is 40.2. The molecule has 3 heterocycles. The van der Waals surface area contributed by atoms with Crippen LogP contribution in [0, 0.1) is 5.82 Å². The van der Waals surface area contributed by atoms with Gasteiger partial charge in [0.05, 0.1) is 69.6 Å². The number of aryl methyl sites for hydroxylation is 1. The Bertz CT molecular complexity index is 2120. The molecule has 62 heavy (non-hydrogen) atoms. The smallest absolute Gasteiger partial charge is 0.325 e. The van der Waals surface area contributed by atoms with E-state index in [1.165, 1.54) is 17.9 Å². The fourth-order valence-corrected chi connectivity index (χ4v) is 7.46. The summed E-state index contributed by atoms with van der Waals surface area (Å²) in [5.74, 6) is -1.93. The zero-order valence-electron chi connectivity index (χ0n) is 35.6. The van der Waals surface area contributed by atoms with Crippen molar-refractivity contribution >= 4 is 63.0 Å². The van der Waals surface area contributed by atoms with Gasteiger partial charge in [0.2, 0.25) is 23.6 Å². The molecule has 0 spiro atoms. The van der Waals surface area contributed by atoms with E-state index in [1.54, 1.807) is 35.0 Å². The van der Waals surface area contributed by atoms with E-state index >= 15 is 4.39 Å². The van der Waals surface area contributed by atoms with Gasteiger partial charge in [0.25, 0.3) is 0 Å². The molecular weight excluding hydrogens is 827 g/mol. The molecule has 1 saturated heterocycles. The summed E-state index contributed by atoms with van der Waals surface area (Å²) in [5, 5.41) is 18.2. The molecule has 1 aliphatic heterocycles. The summed E-state index contributed by atoms with van der Waals surface area (Å²) in [5.41, 5.74) is 2.94. The molecule has 19 heteroatoms. The van der Waals surface area contributed by atoms with Crippen LogP contribution in [0.15, 0.2) is 36.5 Å². The Labute approximate surface area is 365 Å². The standard InChI is InChI=1S/C43H58ClFN8O9/c1-51-36-25-33(34(45)24-31(36)26-49-51)32-8-7-9-35-42(32)43(50-53(35)29-39(56)47-27-38(55)48-28-41(58)59-2)30-12-16-52(17-13-30)40(57)11-10-37(54)46-15-19-61-21-23-62-22-20-60-18-6-4-3-5-14-44/h7-9,24-26,30H,3-6,10-23,27-29H2,1-2H3,(H,46,54)(H,47,56)(H,48,55). The van der Waals surface area contributed by atoms with E-state index in [-0.39, 0.29) is 50.2 Å². The minimum absolute atomic E-state index is 0.0502. The van der Waals surface area contributed by atoms with Gasteiger partial charge in [0, 0.05) is 74.3 Å². The summed E-state index contributed by atoms with van der Waals surface area (Å²) in [6, 6.07) is 8.60. The quantitative estimate of drug-likeness (QED) is 0.0474. The molecule has 2 aromatic carbocycles. The first-order valence-corrected chi connectivity index (χ1v) is 21.7. The number of rotatable bonds is 26. The predicted molar refractivity (Wildman–Crippen MR) is 230 cm³/mol. The molecule has 0 radical (unpaired) electrons. The Morgan fingerprint density at radius 3 is 2.26 bits per heavy atom. The molecule has 5 rings (SSSR count). The fourth-order valence-electron chi connectivity index (χ4n) is 7.27. The summed E-state index contributed by atoms with van der Waals surface area (Å²) in [6.07, 6.45) is 7.11. The van der Waals surface area contributed by atoms with Crippen LogP contribution >= 0.6 is 11.6 Å². The number of methoxy groups -OCH3 is 1. The Morgan fingerprint density at radius 2 is 1.52 bits per heavy atom. The van der Waals surface area contributed by atoms with Gasteiger partial charge in [0.15, 0.2) is 0 Å². The van der Waals surface area contributed by atoms with Gasteiger partial charge in [-0.1, -0.05) is 25.0 Å². The summed E-state index contributed by atoms with van der Waals surface area (Å²) in [6.45, 7) is 3.14. The molecule has 17 nitrogen and oxygen atoms in total. The number of halogens is 2. The van der Waals surface area contributed by atoms with Gasteiger partial charge in [-0.25, -0.2) is 4.39 Å². The second-order valence-electron chi connectivity index (χ2n) is 15.0. The Hall–Kier alpha value is -5.17. The summed E-state index contributed by atoms with van der Waals surface area (Å²) in [4.78, 5) is 64.2. The Kier molecular flexibility index (Phi) is 19.4. The fraction of sp³-hybridized carbons (Fsp3) is 0.558. The third-order valence-electron chi connectivity index (χ3n) is 10.6. The van der Waals surface area contributed by atoms with Gasteiger partial charge >= 0.3 is 5.97 Å². The van der Waals surface area contributed by atoms with E-state index in [9.17, 15) is 24.0 Å². The second-order valence-corrected chi connectivity index (χ2v) is 15.4. The van der Waals surface area contributed by atoms with Crippen molar-refractivity contribution in [3.63, 3.8) is 0 Å². The number of carbonyl (C=O) groups is 5. The monoisotopic (exact) mass is 884 g/mol. The normalized spacial score (nSPS) is 13.1. The number of esters is 1. The van der Waals surface area contributed by atoms with E-state index < -0.39 is 23.6 Å². The van der Waals surface area contributed by atoms with E-state index in [2.05, 4.69) is 25.8 Å². The van der Waals surface area contributed by atoms with Crippen molar-refractivity contribution in [3.8, 4) is 11.1 Å². The number of unbranched alkanes of at least 4 members (excludes halogenated alkanes) is 3. The maximum Gasteiger partial charge on any atom is 0.325 e. The third-order valence-corrected chi connectivity index (χ3v) is 10.9. The minimum atomic E-state index is -0.623. The summed E-state index contributed by atoms with van der Waals surface area (Å²) >= 11 is 5.68. The first-order chi connectivity index (χ1) is 30.1. The highest BCUT2D eigenvalue weighted by molar-refractivity contribution is 6.17. The maximum absolute atomic E-state index is 15.8. The van der Waals surface area contributed by atoms with E-state index in [1.807, 2.05) is 12.1 Å². The molecule has 3 N–H and O–H groups in total. The lowest BCUT2D eigenvalue weighted by atomic mass is 9.88. The third kappa shape index (κ3) is 14.2. The van der Waals surface area contributed by atoms with Crippen LogP contribution in [-0.4, -0.2) is 139 Å². The molecule has 2 aromatic heterocycles. The van der Waals surface area contributed by atoms with Crippen LogP contribution in [0.2, 0.25) is 0 Å². The van der Waals surface area contributed by atoms with Crippen molar-refractivity contribution in [2.45, 2.75) is 63.8 Å². The highest BCUT2D eigenvalue weighted by Crippen LogP contribution is 2.40. The Morgan fingerprint density at radius 1 is 0.806 bits per heavy atom. The lowest BCUT2D eigenvalue weighted by Gasteiger charge is -2.31. The lowest BCUT2D eigenvalue weighted by molar-refractivity contribution is -0.141. The number of hydrogen-bond acceptors (Lipinski definition) is 11. The molecule has 1 aliphatic rings. The number of hydrogen-bond donors (Lipinski definition) is 3. The van der Waals surface area contributed by atoms with Gasteiger partial charge < -0.3 is 39.8 Å². The van der Waals surface area contributed by atoms with Crippen molar-refractivity contribution in [3.05, 3.63) is 48.0 Å². The van der Waals surface area contributed by atoms with Crippen LogP contribution in [0.25, 0.3) is 32.9 Å². The predicted octanol–water partition coefficient (Wildman–Crippen LogP) is 3.59. The van der Waals surface area contributed by atoms with Gasteiger partial charge in [0.1, 0.15) is 18.9 Å². The zero-order chi connectivity index (χ0) is 44.3. The van der Waals surface area contributed by atoms with Crippen molar-refractivity contribution in [2.24, 2.45) is 7.05 Å². The van der Waals surface area contributed by atoms with Gasteiger partial charge in [-0.3, -0.25) is 33.3 Å². The van der Waals surface area contributed by atoms with Crippen molar-refractivity contribution in [1.29, 1.82) is 0 Å². The van der Waals surface area contributed by atoms with Gasteiger partial charge in [-0.2, -0.15) is 10.2 Å². The topological polar surface area (TPSA) is 197 Å². The van der Waals surface area contributed by atoms with Crippen molar-refractivity contribution < 1.29 is 47.3 Å².